The Hall–Kier alpha value is -1.42. The SMILES string of the molecule is CCCC1(C(=O)Nc2ccc(F)cc2C)CCCNC1. The van der Waals surface area contributed by atoms with Crippen LogP contribution in [0.25, 0.3) is 0 Å². The van der Waals surface area contributed by atoms with Crippen LogP contribution in [0.4, 0.5) is 10.1 Å². The second-order valence-electron chi connectivity index (χ2n) is 5.72. The van der Waals surface area contributed by atoms with Crippen LogP contribution in [0, 0.1) is 18.2 Å². The lowest BCUT2D eigenvalue weighted by Crippen LogP contribution is -2.48. The fourth-order valence-corrected chi connectivity index (χ4v) is 2.99. The first-order chi connectivity index (χ1) is 9.57. The Balaban J connectivity index is 2.15. The maximum atomic E-state index is 13.1. The Labute approximate surface area is 120 Å². The summed E-state index contributed by atoms with van der Waals surface area (Å²) in [4.78, 5) is 12.7. The summed E-state index contributed by atoms with van der Waals surface area (Å²) >= 11 is 0. The van der Waals surface area contributed by atoms with Crippen LogP contribution >= 0.6 is 0 Å². The zero-order valence-corrected chi connectivity index (χ0v) is 12.3. The molecule has 2 N–H and O–H groups in total. The highest BCUT2D eigenvalue weighted by Crippen LogP contribution is 2.33. The molecule has 20 heavy (non-hydrogen) atoms. The van der Waals surface area contributed by atoms with Gasteiger partial charge in [0, 0.05) is 12.2 Å². The molecular weight excluding hydrogens is 255 g/mol. The van der Waals surface area contributed by atoms with Gasteiger partial charge in [-0.05, 0) is 56.5 Å². The normalized spacial score (nSPS) is 22.6. The van der Waals surface area contributed by atoms with Gasteiger partial charge in [0.15, 0.2) is 0 Å². The summed E-state index contributed by atoms with van der Waals surface area (Å²) in [5.74, 6) is -0.218. The highest BCUT2D eigenvalue weighted by molar-refractivity contribution is 5.96. The van der Waals surface area contributed by atoms with Gasteiger partial charge in [-0.3, -0.25) is 4.79 Å². The predicted molar refractivity (Wildman–Crippen MR) is 79.2 cm³/mol. The van der Waals surface area contributed by atoms with Crippen molar-refractivity contribution in [1.29, 1.82) is 0 Å². The second kappa shape index (κ2) is 6.35. The molecule has 1 saturated heterocycles. The van der Waals surface area contributed by atoms with Crippen LogP contribution in [-0.4, -0.2) is 19.0 Å². The van der Waals surface area contributed by atoms with Crippen LogP contribution in [0.15, 0.2) is 18.2 Å². The van der Waals surface area contributed by atoms with Gasteiger partial charge in [-0.2, -0.15) is 0 Å². The first-order valence-electron chi connectivity index (χ1n) is 7.36. The van der Waals surface area contributed by atoms with Crippen molar-refractivity contribution in [1.82, 2.24) is 5.32 Å². The highest BCUT2D eigenvalue weighted by Gasteiger charge is 2.38. The monoisotopic (exact) mass is 278 g/mol. The van der Waals surface area contributed by atoms with Crippen molar-refractivity contribution in [3.8, 4) is 0 Å². The summed E-state index contributed by atoms with van der Waals surface area (Å²) in [5, 5.41) is 6.32. The van der Waals surface area contributed by atoms with E-state index in [0.717, 1.165) is 44.3 Å². The second-order valence-corrected chi connectivity index (χ2v) is 5.72. The number of anilines is 1. The van der Waals surface area contributed by atoms with Crippen molar-refractivity contribution in [2.45, 2.75) is 39.5 Å². The summed E-state index contributed by atoms with van der Waals surface area (Å²) in [6.07, 6.45) is 3.80. The van der Waals surface area contributed by atoms with E-state index in [-0.39, 0.29) is 17.1 Å². The first kappa shape index (κ1) is 15.0. The van der Waals surface area contributed by atoms with Crippen LogP contribution in [0.3, 0.4) is 0 Å². The molecule has 4 heteroatoms. The molecule has 1 aromatic carbocycles. The van der Waals surface area contributed by atoms with Gasteiger partial charge in [0.25, 0.3) is 0 Å². The summed E-state index contributed by atoms with van der Waals surface area (Å²) in [7, 11) is 0. The van der Waals surface area contributed by atoms with E-state index in [9.17, 15) is 9.18 Å². The molecule has 2 rings (SSSR count). The molecule has 0 aromatic heterocycles. The van der Waals surface area contributed by atoms with Gasteiger partial charge in [0.2, 0.25) is 5.91 Å². The molecule has 1 fully saturated rings. The van der Waals surface area contributed by atoms with Crippen LogP contribution in [0.1, 0.15) is 38.2 Å². The fraction of sp³-hybridized carbons (Fsp3) is 0.562. The van der Waals surface area contributed by atoms with E-state index in [1.807, 2.05) is 6.92 Å². The van der Waals surface area contributed by atoms with Crippen LogP contribution in [0.5, 0.6) is 0 Å². The van der Waals surface area contributed by atoms with Crippen molar-refractivity contribution in [3.05, 3.63) is 29.6 Å². The molecule has 0 saturated carbocycles. The molecule has 110 valence electrons. The number of carbonyl (C=O) groups excluding carboxylic acids is 1. The van der Waals surface area contributed by atoms with Crippen molar-refractivity contribution in [2.24, 2.45) is 5.41 Å². The molecule has 0 aliphatic carbocycles. The zero-order chi connectivity index (χ0) is 14.6. The Kier molecular flexibility index (Phi) is 4.76. The van der Waals surface area contributed by atoms with Gasteiger partial charge in [0.05, 0.1) is 5.41 Å². The zero-order valence-electron chi connectivity index (χ0n) is 12.3. The van der Waals surface area contributed by atoms with Crippen molar-refractivity contribution < 1.29 is 9.18 Å². The fourth-order valence-electron chi connectivity index (χ4n) is 2.99. The Bertz CT molecular complexity index is 476. The summed E-state index contributed by atoms with van der Waals surface area (Å²) in [5.41, 5.74) is 1.14. The van der Waals surface area contributed by atoms with E-state index in [2.05, 4.69) is 17.6 Å². The summed E-state index contributed by atoms with van der Waals surface area (Å²) < 4.78 is 13.1. The van der Waals surface area contributed by atoms with Gasteiger partial charge in [0.1, 0.15) is 5.82 Å². The molecule has 1 amide bonds. The Morgan fingerprint density at radius 2 is 2.30 bits per heavy atom. The molecule has 0 bridgehead atoms. The van der Waals surface area contributed by atoms with Crippen molar-refractivity contribution in [3.63, 3.8) is 0 Å². The maximum Gasteiger partial charge on any atom is 0.231 e. The molecule has 1 heterocycles. The molecule has 1 aromatic rings. The van der Waals surface area contributed by atoms with E-state index in [0.29, 0.717) is 5.69 Å². The minimum absolute atomic E-state index is 0.0567. The van der Waals surface area contributed by atoms with E-state index < -0.39 is 0 Å². The standard InChI is InChI=1S/C16H23FN2O/c1-3-7-16(8-4-9-18-11-16)15(20)19-14-6-5-13(17)10-12(14)2/h5-6,10,18H,3-4,7-9,11H2,1-2H3,(H,19,20). The lowest BCUT2D eigenvalue weighted by Gasteiger charge is -2.36. The summed E-state index contributed by atoms with van der Waals surface area (Å²) in [6, 6.07) is 4.47. The van der Waals surface area contributed by atoms with Gasteiger partial charge in [-0.1, -0.05) is 13.3 Å². The van der Waals surface area contributed by atoms with E-state index in [4.69, 9.17) is 0 Å². The number of halogens is 1. The van der Waals surface area contributed by atoms with E-state index >= 15 is 0 Å². The summed E-state index contributed by atoms with van der Waals surface area (Å²) in [6.45, 7) is 5.62. The number of amides is 1. The van der Waals surface area contributed by atoms with Gasteiger partial charge >= 0.3 is 0 Å². The minimum Gasteiger partial charge on any atom is -0.325 e. The molecular formula is C16H23FN2O. The molecule has 1 atom stereocenters. The number of aryl methyl sites for hydroxylation is 1. The molecule has 1 unspecified atom stereocenters. The van der Waals surface area contributed by atoms with Crippen molar-refractivity contribution >= 4 is 11.6 Å². The Morgan fingerprint density at radius 3 is 2.90 bits per heavy atom. The average molecular weight is 278 g/mol. The molecule has 1 aliphatic heterocycles. The Morgan fingerprint density at radius 1 is 1.50 bits per heavy atom. The molecule has 0 spiro atoms. The third kappa shape index (κ3) is 3.18. The van der Waals surface area contributed by atoms with Crippen molar-refractivity contribution in [2.75, 3.05) is 18.4 Å². The van der Waals surface area contributed by atoms with E-state index in [1.165, 1.54) is 12.1 Å². The minimum atomic E-state index is -0.326. The van der Waals surface area contributed by atoms with Crippen LogP contribution < -0.4 is 10.6 Å². The number of carbonyl (C=O) groups is 1. The number of rotatable bonds is 4. The molecule has 1 aliphatic rings. The number of hydrogen-bond acceptors (Lipinski definition) is 2. The molecule has 3 nitrogen and oxygen atoms in total. The third-order valence-electron chi connectivity index (χ3n) is 4.12. The van der Waals surface area contributed by atoms with Gasteiger partial charge in [-0.15, -0.1) is 0 Å². The average Bonchev–Trinajstić information content (AvgIpc) is 2.43. The largest absolute Gasteiger partial charge is 0.325 e. The van der Waals surface area contributed by atoms with Gasteiger partial charge in [-0.25, -0.2) is 4.39 Å². The third-order valence-corrected chi connectivity index (χ3v) is 4.12. The maximum absolute atomic E-state index is 13.1. The topological polar surface area (TPSA) is 41.1 Å². The highest BCUT2D eigenvalue weighted by atomic mass is 19.1. The first-order valence-corrected chi connectivity index (χ1v) is 7.36. The lowest BCUT2D eigenvalue weighted by atomic mass is 9.76. The van der Waals surface area contributed by atoms with Crippen LogP contribution in [-0.2, 0) is 4.79 Å². The number of nitrogens with one attached hydrogen (secondary N) is 2. The number of benzene rings is 1. The van der Waals surface area contributed by atoms with Gasteiger partial charge < -0.3 is 10.6 Å². The quantitative estimate of drug-likeness (QED) is 0.887. The predicted octanol–water partition coefficient (Wildman–Crippen LogP) is 3.24. The smallest absolute Gasteiger partial charge is 0.231 e. The molecule has 0 radical (unpaired) electrons. The lowest BCUT2D eigenvalue weighted by molar-refractivity contribution is -0.127. The van der Waals surface area contributed by atoms with E-state index in [1.54, 1.807) is 6.07 Å². The number of hydrogen-bond donors (Lipinski definition) is 2. The van der Waals surface area contributed by atoms with Crippen LogP contribution in [0.2, 0.25) is 0 Å². The number of piperidine rings is 1.